The second-order valence-corrected chi connectivity index (χ2v) is 9.62. The molecule has 1 N–H and O–H groups in total. The molecule has 1 atom stereocenters. The third-order valence-corrected chi connectivity index (χ3v) is 6.94. The number of rotatable bonds is 7. The van der Waals surface area contributed by atoms with E-state index >= 15 is 0 Å². The lowest BCUT2D eigenvalue weighted by Gasteiger charge is -2.36. The van der Waals surface area contributed by atoms with E-state index in [0.717, 1.165) is 11.3 Å². The summed E-state index contributed by atoms with van der Waals surface area (Å²) >= 11 is 9.81. The van der Waals surface area contributed by atoms with E-state index in [1.54, 1.807) is 30.3 Å². The first-order valence-corrected chi connectivity index (χ1v) is 12.5. The quantitative estimate of drug-likeness (QED) is 0.472. The molecule has 0 aliphatic carbocycles. The molecule has 1 aliphatic rings. The lowest BCUT2D eigenvalue weighted by Crippen LogP contribution is -2.47. The minimum atomic E-state index is -2.10. The Morgan fingerprint density at radius 2 is 1.85 bits per heavy atom. The van der Waals surface area contributed by atoms with Crippen molar-refractivity contribution < 1.29 is 13.6 Å². The van der Waals surface area contributed by atoms with Crippen LogP contribution in [0.5, 0.6) is 0 Å². The Balaban J connectivity index is 1.44. The summed E-state index contributed by atoms with van der Waals surface area (Å²) in [6.07, 6.45) is 1.37. The number of nitrogens with one attached hydrogen (secondary N) is 1. The monoisotopic (exact) mass is 522 g/mol. The first-order valence-electron chi connectivity index (χ1n) is 10.5. The van der Waals surface area contributed by atoms with Crippen LogP contribution in [0.1, 0.15) is 5.56 Å². The van der Waals surface area contributed by atoms with Crippen LogP contribution in [0.25, 0.3) is 10.9 Å². The molecule has 1 unspecified atom stereocenters. The van der Waals surface area contributed by atoms with Crippen molar-refractivity contribution >= 4 is 56.8 Å². The largest absolute Gasteiger partial charge is 0.771 e. The lowest BCUT2D eigenvalue weighted by molar-refractivity contribution is -0.121. The molecule has 2 heterocycles. The number of halogens is 2. The lowest BCUT2D eigenvalue weighted by atomic mass is 10.2. The summed E-state index contributed by atoms with van der Waals surface area (Å²) < 4.78 is 23.1. The van der Waals surface area contributed by atoms with E-state index in [0.29, 0.717) is 47.1 Å². The van der Waals surface area contributed by atoms with Crippen molar-refractivity contribution in [3.8, 4) is 0 Å². The normalized spacial score (nSPS) is 15.4. The van der Waals surface area contributed by atoms with Crippen molar-refractivity contribution in [1.82, 2.24) is 19.8 Å². The summed E-state index contributed by atoms with van der Waals surface area (Å²) in [7, 11) is 0. The summed E-state index contributed by atoms with van der Waals surface area (Å²) in [5, 5.41) is 4.02. The zero-order valence-corrected chi connectivity index (χ0v) is 20.4. The Morgan fingerprint density at radius 3 is 2.56 bits per heavy atom. The fourth-order valence-electron chi connectivity index (χ4n) is 3.80. The highest BCUT2D eigenvalue weighted by molar-refractivity contribution is 7.79. The topological polar surface area (TPSA) is 111 Å². The van der Waals surface area contributed by atoms with Gasteiger partial charge in [0.25, 0.3) is 5.56 Å². The predicted molar refractivity (Wildman–Crippen MR) is 132 cm³/mol. The fourth-order valence-corrected chi connectivity index (χ4v) is 4.68. The molecule has 12 heteroatoms. The van der Waals surface area contributed by atoms with Gasteiger partial charge < -0.3 is 14.8 Å². The Labute approximate surface area is 208 Å². The van der Waals surface area contributed by atoms with E-state index in [1.807, 2.05) is 11.0 Å². The van der Waals surface area contributed by atoms with Crippen molar-refractivity contribution in [1.29, 1.82) is 0 Å². The number of amides is 1. The minimum Gasteiger partial charge on any atom is -0.771 e. The summed E-state index contributed by atoms with van der Waals surface area (Å²) in [5.74, 6) is -0.315. The van der Waals surface area contributed by atoms with Gasteiger partial charge in [0.05, 0.1) is 33.2 Å². The highest BCUT2D eigenvalue weighted by Crippen LogP contribution is 2.23. The molecule has 1 aliphatic heterocycles. The van der Waals surface area contributed by atoms with Gasteiger partial charge in [-0.25, -0.2) is 4.98 Å². The van der Waals surface area contributed by atoms with E-state index in [9.17, 15) is 18.4 Å². The molecule has 9 nitrogen and oxygen atoms in total. The van der Waals surface area contributed by atoms with Crippen LogP contribution in [-0.2, 0) is 29.0 Å². The smallest absolute Gasteiger partial charge is 0.261 e. The highest BCUT2D eigenvalue weighted by atomic mass is 35.5. The van der Waals surface area contributed by atoms with Crippen LogP contribution in [0, 0.1) is 0 Å². The number of nitrogens with zero attached hydrogens (tertiary/aromatic N) is 4. The number of hydrogen-bond acceptors (Lipinski definition) is 7. The molecule has 0 saturated carbocycles. The molecule has 3 aromatic rings. The summed E-state index contributed by atoms with van der Waals surface area (Å²) in [4.78, 5) is 33.8. The van der Waals surface area contributed by atoms with Gasteiger partial charge in [-0.2, -0.15) is 0 Å². The average Bonchev–Trinajstić information content (AvgIpc) is 2.82. The van der Waals surface area contributed by atoms with E-state index in [4.69, 9.17) is 23.2 Å². The molecule has 0 bridgehead atoms. The second kappa shape index (κ2) is 10.8. The molecule has 0 radical (unpaired) electrons. The van der Waals surface area contributed by atoms with Crippen LogP contribution >= 0.6 is 23.2 Å². The molecule has 2 aromatic carbocycles. The van der Waals surface area contributed by atoms with Gasteiger partial charge in [-0.05, 0) is 47.0 Å². The maximum Gasteiger partial charge on any atom is 0.261 e. The number of carbonyl (C=O) groups is 1. The third kappa shape index (κ3) is 5.94. The number of aromatic nitrogens is 2. The Bertz CT molecular complexity index is 1290. The van der Waals surface area contributed by atoms with E-state index in [2.05, 4.69) is 15.2 Å². The maximum atomic E-state index is 13.0. The number of benzene rings is 2. The zero-order valence-electron chi connectivity index (χ0n) is 18.1. The van der Waals surface area contributed by atoms with Crippen molar-refractivity contribution in [2.45, 2.75) is 13.1 Å². The minimum absolute atomic E-state index is 0.0211. The Kier molecular flexibility index (Phi) is 7.84. The first kappa shape index (κ1) is 24.6. The SMILES string of the molecule is O=C(Cn1cnc2ccc(N3CCN(CS(=O)[O-])CC3)cc2c1=O)NCc1ccc(Cl)c(Cl)c1. The predicted octanol–water partition coefficient (Wildman–Crippen LogP) is 1.98. The van der Waals surface area contributed by atoms with Crippen LogP contribution in [-0.4, -0.2) is 61.2 Å². The molecule has 0 spiro atoms. The molecular formula is C22H22Cl2N5O4S-. The van der Waals surface area contributed by atoms with Gasteiger partial charge in [0, 0.05) is 38.4 Å². The molecule has 1 saturated heterocycles. The van der Waals surface area contributed by atoms with Crippen molar-refractivity contribution in [3.63, 3.8) is 0 Å². The van der Waals surface area contributed by atoms with E-state index in [1.165, 1.54) is 10.9 Å². The van der Waals surface area contributed by atoms with Gasteiger partial charge in [-0.3, -0.25) is 23.3 Å². The van der Waals surface area contributed by atoms with E-state index < -0.39 is 11.1 Å². The standard InChI is InChI=1S/C22H23Cl2N5O4S/c23-18-3-1-15(9-19(18)24)11-25-21(30)12-29-13-26-20-4-2-16(10-17(20)22(29)31)28-7-5-27(6-8-28)14-34(32)33/h1-4,9-10,13H,5-8,11-12,14H2,(H,25,30)(H,32,33)/p-1. The Morgan fingerprint density at radius 1 is 1.09 bits per heavy atom. The molecule has 34 heavy (non-hydrogen) atoms. The van der Waals surface area contributed by atoms with Crippen LogP contribution in [0.2, 0.25) is 10.0 Å². The van der Waals surface area contributed by atoms with Crippen molar-refractivity contribution in [2.24, 2.45) is 0 Å². The highest BCUT2D eigenvalue weighted by Gasteiger charge is 2.18. The molecular weight excluding hydrogens is 501 g/mol. The fraction of sp³-hybridized carbons (Fsp3) is 0.318. The molecule has 4 rings (SSSR count). The second-order valence-electron chi connectivity index (χ2n) is 7.94. The molecule has 1 fully saturated rings. The van der Waals surface area contributed by atoms with Crippen LogP contribution in [0.4, 0.5) is 5.69 Å². The number of carbonyl (C=O) groups excluding carboxylic acids is 1. The number of anilines is 1. The van der Waals surface area contributed by atoms with Crippen molar-refractivity contribution in [2.75, 3.05) is 37.0 Å². The van der Waals surface area contributed by atoms with Gasteiger partial charge in [0.1, 0.15) is 6.54 Å². The van der Waals surface area contributed by atoms with Gasteiger partial charge in [0.2, 0.25) is 5.91 Å². The summed E-state index contributed by atoms with van der Waals surface area (Å²) in [5.41, 5.74) is 1.88. The third-order valence-electron chi connectivity index (χ3n) is 5.62. The van der Waals surface area contributed by atoms with Crippen LogP contribution < -0.4 is 15.8 Å². The summed E-state index contributed by atoms with van der Waals surface area (Å²) in [6, 6.07) is 10.5. The van der Waals surface area contributed by atoms with E-state index in [-0.39, 0.29) is 30.4 Å². The summed E-state index contributed by atoms with van der Waals surface area (Å²) in [6.45, 7) is 2.60. The first-order chi connectivity index (χ1) is 16.3. The van der Waals surface area contributed by atoms with Crippen molar-refractivity contribution in [3.05, 3.63) is 68.7 Å². The molecule has 1 aromatic heterocycles. The Hall–Kier alpha value is -2.50. The zero-order chi connectivity index (χ0) is 24.2. The molecule has 1 amide bonds. The number of hydrogen-bond donors (Lipinski definition) is 1. The van der Waals surface area contributed by atoms with Gasteiger partial charge in [-0.15, -0.1) is 0 Å². The maximum absolute atomic E-state index is 13.0. The van der Waals surface area contributed by atoms with Crippen LogP contribution in [0.3, 0.4) is 0 Å². The molecule has 180 valence electrons. The average molecular weight is 523 g/mol. The van der Waals surface area contributed by atoms with Crippen LogP contribution in [0.15, 0.2) is 47.5 Å². The number of piperazine rings is 1. The van der Waals surface area contributed by atoms with Gasteiger partial charge in [0.15, 0.2) is 0 Å². The van der Waals surface area contributed by atoms with Gasteiger partial charge >= 0.3 is 0 Å². The number of fused-ring (bicyclic) bond motifs is 1. The van der Waals surface area contributed by atoms with Gasteiger partial charge in [-0.1, -0.05) is 29.3 Å².